The topological polar surface area (TPSA) is 74.6 Å². The van der Waals surface area contributed by atoms with Crippen LogP contribution in [0.4, 0.5) is 11.5 Å². The van der Waals surface area contributed by atoms with Crippen molar-refractivity contribution in [2.24, 2.45) is 0 Å². The predicted octanol–water partition coefficient (Wildman–Crippen LogP) is 4.54. The molecular weight excluding hydrogens is 420 g/mol. The average molecular weight is 447 g/mol. The van der Waals surface area contributed by atoms with E-state index in [9.17, 15) is 4.79 Å². The molecule has 4 aromatic heterocycles. The van der Waals surface area contributed by atoms with Gasteiger partial charge in [0.25, 0.3) is 5.91 Å². The number of carbonyl (C=O) groups excluding carboxylic acids is 1. The molecule has 8 heteroatoms. The fraction of sp³-hybridized carbons (Fsp3) is 0.375. The number of hydrogen-bond donors (Lipinski definition) is 2. The molecular formula is C24H26N6OS. The van der Waals surface area contributed by atoms with Gasteiger partial charge in [-0.15, -0.1) is 11.3 Å². The van der Waals surface area contributed by atoms with Crippen molar-refractivity contribution < 1.29 is 4.79 Å². The van der Waals surface area contributed by atoms with Crippen molar-refractivity contribution in [3.05, 3.63) is 53.3 Å². The van der Waals surface area contributed by atoms with Gasteiger partial charge in [-0.2, -0.15) is 0 Å². The first kappa shape index (κ1) is 19.7. The predicted molar refractivity (Wildman–Crippen MR) is 129 cm³/mol. The molecule has 0 aromatic carbocycles. The van der Waals surface area contributed by atoms with Crippen LogP contribution in [0.5, 0.6) is 0 Å². The molecule has 2 N–H and O–H groups in total. The first-order chi connectivity index (χ1) is 15.6. The molecule has 0 aliphatic carbocycles. The Labute approximate surface area is 190 Å². The molecule has 2 atom stereocenters. The Hall–Kier alpha value is -2.97. The Morgan fingerprint density at radius 3 is 3.00 bits per heavy atom. The number of imidazole rings is 1. The van der Waals surface area contributed by atoms with E-state index >= 15 is 0 Å². The first-order valence-corrected chi connectivity index (χ1v) is 12.1. The molecule has 6 rings (SSSR count). The third kappa shape index (κ3) is 3.73. The van der Waals surface area contributed by atoms with Gasteiger partial charge in [-0.05, 0) is 69.5 Å². The molecule has 2 saturated heterocycles. The Morgan fingerprint density at radius 1 is 1.12 bits per heavy atom. The second-order valence-corrected chi connectivity index (χ2v) is 9.95. The highest BCUT2D eigenvalue weighted by Crippen LogP contribution is 2.30. The van der Waals surface area contributed by atoms with Crippen molar-refractivity contribution in [3.8, 4) is 0 Å². The summed E-state index contributed by atoms with van der Waals surface area (Å²) in [6, 6.07) is 11.0. The number of aryl methyl sites for hydroxylation is 1. The monoisotopic (exact) mass is 446 g/mol. The van der Waals surface area contributed by atoms with Gasteiger partial charge in [0.15, 0.2) is 0 Å². The lowest BCUT2D eigenvalue weighted by molar-refractivity contribution is 0.103. The van der Waals surface area contributed by atoms with Crippen LogP contribution < -0.4 is 10.6 Å². The Kier molecular flexibility index (Phi) is 4.84. The quantitative estimate of drug-likeness (QED) is 0.481. The van der Waals surface area contributed by atoms with Crippen molar-refractivity contribution >= 4 is 44.6 Å². The van der Waals surface area contributed by atoms with E-state index in [0.717, 1.165) is 45.5 Å². The van der Waals surface area contributed by atoms with Gasteiger partial charge in [-0.25, -0.2) is 9.97 Å². The number of anilines is 2. The van der Waals surface area contributed by atoms with Crippen LogP contribution in [-0.2, 0) is 0 Å². The van der Waals surface area contributed by atoms with Crippen LogP contribution >= 0.6 is 11.3 Å². The lowest BCUT2D eigenvalue weighted by Gasteiger charge is -2.35. The minimum Gasteiger partial charge on any atom is -0.367 e. The summed E-state index contributed by atoms with van der Waals surface area (Å²) in [6.45, 7) is 4.39. The maximum absolute atomic E-state index is 12.9. The van der Waals surface area contributed by atoms with E-state index in [2.05, 4.69) is 26.6 Å². The number of rotatable bonds is 4. The summed E-state index contributed by atoms with van der Waals surface area (Å²) in [7, 11) is 0. The number of nitrogens with zero attached hydrogens (tertiary/aromatic N) is 4. The van der Waals surface area contributed by atoms with Gasteiger partial charge in [0, 0.05) is 36.4 Å². The number of fused-ring (bicyclic) bond motifs is 3. The molecule has 164 valence electrons. The summed E-state index contributed by atoms with van der Waals surface area (Å²) in [4.78, 5) is 26.3. The van der Waals surface area contributed by atoms with Crippen LogP contribution in [0.2, 0.25) is 0 Å². The van der Waals surface area contributed by atoms with E-state index in [1.54, 1.807) is 0 Å². The average Bonchev–Trinajstić information content (AvgIpc) is 3.49. The summed E-state index contributed by atoms with van der Waals surface area (Å²) in [6.07, 6.45) is 8.84. The van der Waals surface area contributed by atoms with Crippen molar-refractivity contribution in [1.29, 1.82) is 0 Å². The molecule has 0 saturated carbocycles. The molecule has 2 unspecified atom stereocenters. The van der Waals surface area contributed by atoms with E-state index < -0.39 is 0 Å². The molecule has 32 heavy (non-hydrogen) atoms. The zero-order valence-corrected chi connectivity index (χ0v) is 18.9. The number of piperidine rings is 1. The SMILES string of the molecule is Cc1cn2cc(NC(=O)c3cc4ccc(NC5CCN6CCCC6C5)nc4s3)ccc2n1. The van der Waals surface area contributed by atoms with Gasteiger partial charge in [0.05, 0.1) is 16.3 Å². The molecule has 7 nitrogen and oxygen atoms in total. The van der Waals surface area contributed by atoms with Gasteiger partial charge < -0.3 is 19.9 Å². The van der Waals surface area contributed by atoms with Gasteiger partial charge in [-0.1, -0.05) is 0 Å². The summed E-state index contributed by atoms with van der Waals surface area (Å²) >= 11 is 1.43. The highest BCUT2D eigenvalue weighted by atomic mass is 32.1. The van der Waals surface area contributed by atoms with Crippen molar-refractivity contribution in [2.75, 3.05) is 23.7 Å². The molecule has 2 aliphatic rings. The van der Waals surface area contributed by atoms with Crippen LogP contribution in [0.25, 0.3) is 15.9 Å². The number of pyridine rings is 2. The Bertz CT molecular complexity index is 1310. The summed E-state index contributed by atoms with van der Waals surface area (Å²) in [5.41, 5.74) is 2.55. The fourth-order valence-electron chi connectivity index (χ4n) is 5.06. The second-order valence-electron chi connectivity index (χ2n) is 8.92. The lowest BCUT2D eigenvalue weighted by atomic mass is 9.97. The standard InChI is InChI=1S/C24H26N6OS/c1-15-13-30-14-18(5-7-22(30)25-15)27-23(31)20-11-16-4-6-21(28-24(16)32-20)26-17-8-10-29-9-2-3-19(29)12-17/h4-7,11,13-14,17,19H,2-3,8-10,12H2,1H3,(H,26,28)(H,27,31). The minimum absolute atomic E-state index is 0.118. The van der Waals surface area contributed by atoms with Gasteiger partial charge >= 0.3 is 0 Å². The number of aromatic nitrogens is 3. The van der Waals surface area contributed by atoms with Crippen molar-refractivity contribution in [1.82, 2.24) is 19.3 Å². The van der Waals surface area contributed by atoms with Crippen LogP contribution in [0, 0.1) is 6.92 Å². The summed E-state index contributed by atoms with van der Waals surface area (Å²) < 4.78 is 1.92. The largest absolute Gasteiger partial charge is 0.367 e. The van der Waals surface area contributed by atoms with Crippen molar-refractivity contribution in [3.63, 3.8) is 0 Å². The number of carbonyl (C=O) groups is 1. The van der Waals surface area contributed by atoms with Gasteiger partial charge in [-0.3, -0.25) is 4.79 Å². The summed E-state index contributed by atoms with van der Waals surface area (Å²) in [5, 5.41) is 7.64. The first-order valence-electron chi connectivity index (χ1n) is 11.3. The molecule has 0 bridgehead atoms. The van der Waals surface area contributed by atoms with E-state index in [4.69, 9.17) is 4.98 Å². The zero-order valence-electron chi connectivity index (χ0n) is 18.0. The van der Waals surface area contributed by atoms with Gasteiger partial charge in [0.2, 0.25) is 0 Å². The highest BCUT2D eigenvalue weighted by molar-refractivity contribution is 7.20. The third-order valence-corrected chi connectivity index (χ3v) is 7.65. The molecule has 2 aliphatic heterocycles. The highest BCUT2D eigenvalue weighted by Gasteiger charge is 2.31. The van der Waals surface area contributed by atoms with E-state index in [1.807, 2.05) is 48.0 Å². The molecule has 6 heterocycles. The number of nitrogens with one attached hydrogen (secondary N) is 2. The lowest BCUT2D eigenvalue weighted by Crippen LogP contribution is -2.42. The molecule has 4 aromatic rings. The van der Waals surface area contributed by atoms with Crippen LogP contribution in [-0.4, -0.2) is 50.3 Å². The maximum Gasteiger partial charge on any atom is 0.265 e. The molecule has 0 spiro atoms. The molecule has 1 amide bonds. The number of amides is 1. The fourth-order valence-corrected chi connectivity index (χ4v) is 5.99. The minimum atomic E-state index is -0.118. The zero-order chi connectivity index (χ0) is 21.7. The smallest absolute Gasteiger partial charge is 0.265 e. The van der Waals surface area contributed by atoms with E-state index in [-0.39, 0.29) is 5.91 Å². The summed E-state index contributed by atoms with van der Waals surface area (Å²) in [5.74, 6) is 0.788. The Balaban J connectivity index is 1.17. The van der Waals surface area contributed by atoms with E-state index in [1.165, 1.54) is 43.7 Å². The number of hydrogen-bond acceptors (Lipinski definition) is 6. The molecule has 2 fully saturated rings. The van der Waals surface area contributed by atoms with Crippen LogP contribution in [0.3, 0.4) is 0 Å². The van der Waals surface area contributed by atoms with Crippen LogP contribution in [0.1, 0.15) is 41.0 Å². The second kappa shape index (κ2) is 7.86. The van der Waals surface area contributed by atoms with Crippen LogP contribution in [0.15, 0.2) is 42.7 Å². The van der Waals surface area contributed by atoms with Gasteiger partial charge in [0.1, 0.15) is 16.3 Å². The van der Waals surface area contributed by atoms with E-state index in [0.29, 0.717) is 10.9 Å². The van der Waals surface area contributed by atoms with Crippen molar-refractivity contribution in [2.45, 2.75) is 44.7 Å². The molecule has 0 radical (unpaired) electrons. The normalized spacial score (nSPS) is 21.2. The number of thiophene rings is 1. The Morgan fingerprint density at radius 2 is 2.06 bits per heavy atom. The third-order valence-electron chi connectivity index (χ3n) is 6.61. The maximum atomic E-state index is 12.9.